The maximum absolute atomic E-state index is 14.0. The molecule has 0 aromatic heterocycles. The molecule has 2 atom stereocenters. The van der Waals surface area contributed by atoms with Crippen LogP contribution >= 0.6 is 15.9 Å². The van der Waals surface area contributed by atoms with Gasteiger partial charge in [-0.05, 0) is 30.2 Å². The average molecular weight is 352 g/mol. The van der Waals surface area contributed by atoms with E-state index in [0.29, 0.717) is 12.2 Å². The van der Waals surface area contributed by atoms with Crippen LogP contribution in [0.4, 0.5) is 4.39 Å². The predicted molar refractivity (Wildman–Crippen MR) is 86.3 cm³/mol. The zero-order chi connectivity index (χ0) is 15.2. The first kappa shape index (κ1) is 16.1. The molecule has 0 saturated carbocycles. The molecule has 2 nitrogen and oxygen atoms in total. The fourth-order valence-corrected chi connectivity index (χ4v) is 2.62. The van der Waals surface area contributed by atoms with Crippen LogP contribution in [0.5, 0.6) is 0 Å². The van der Waals surface area contributed by atoms with Crippen molar-refractivity contribution in [3.63, 3.8) is 0 Å². The third-order valence-corrected chi connectivity index (χ3v) is 3.88. The molecule has 4 heteroatoms. The maximum atomic E-state index is 14.0. The first-order valence-electron chi connectivity index (χ1n) is 6.98. The lowest BCUT2D eigenvalue weighted by atomic mass is 10.0. The molecule has 2 rings (SSSR count). The van der Waals surface area contributed by atoms with Crippen LogP contribution in [0.15, 0.2) is 53.0 Å². The fraction of sp³-hybridized carbons (Fsp3) is 0.294. The molecule has 2 unspecified atom stereocenters. The van der Waals surface area contributed by atoms with Crippen LogP contribution in [0.3, 0.4) is 0 Å². The van der Waals surface area contributed by atoms with E-state index in [0.717, 1.165) is 16.5 Å². The zero-order valence-electron chi connectivity index (χ0n) is 11.9. The van der Waals surface area contributed by atoms with Gasteiger partial charge < -0.3 is 10.5 Å². The molecule has 0 amide bonds. The Labute approximate surface area is 133 Å². The Bertz CT molecular complexity index is 591. The average Bonchev–Trinajstić information content (AvgIpc) is 2.49. The molecule has 2 N–H and O–H groups in total. The summed E-state index contributed by atoms with van der Waals surface area (Å²) < 4.78 is 20.9. The van der Waals surface area contributed by atoms with Crippen molar-refractivity contribution in [1.29, 1.82) is 0 Å². The lowest BCUT2D eigenvalue weighted by Crippen LogP contribution is -2.30. The van der Waals surface area contributed by atoms with Crippen molar-refractivity contribution in [2.45, 2.75) is 32.1 Å². The summed E-state index contributed by atoms with van der Waals surface area (Å²) in [5.74, 6) is -0.277. The second kappa shape index (κ2) is 7.69. The highest BCUT2D eigenvalue weighted by Gasteiger charge is 2.22. The monoisotopic (exact) mass is 351 g/mol. The second-order valence-corrected chi connectivity index (χ2v) is 5.87. The molecule has 0 aliphatic carbocycles. The molecule has 2 aromatic rings. The van der Waals surface area contributed by atoms with Gasteiger partial charge in [-0.25, -0.2) is 4.39 Å². The quantitative estimate of drug-likeness (QED) is 0.826. The van der Waals surface area contributed by atoms with E-state index < -0.39 is 6.10 Å². The summed E-state index contributed by atoms with van der Waals surface area (Å²) in [6.07, 6.45) is 0.271. The summed E-state index contributed by atoms with van der Waals surface area (Å²) in [7, 11) is 0. The molecular formula is C17H19BrFNO. The van der Waals surface area contributed by atoms with E-state index in [4.69, 9.17) is 10.5 Å². The smallest absolute Gasteiger partial charge is 0.129 e. The van der Waals surface area contributed by atoms with Gasteiger partial charge in [-0.15, -0.1) is 0 Å². The van der Waals surface area contributed by atoms with Crippen molar-refractivity contribution in [1.82, 2.24) is 0 Å². The van der Waals surface area contributed by atoms with Crippen molar-refractivity contribution in [2.75, 3.05) is 0 Å². The molecule has 0 radical (unpaired) electrons. The molecule has 0 spiro atoms. The molecule has 0 bridgehead atoms. The van der Waals surface area contributed by atoms with Crippen LogP contribution in [-0.2, 0) is 11.3 Å². The van der Waals surface area contributed by atoms with Crippen molar-refractivity contribution in [3.05, 3.63) is 69.9 Å². The number of ether oxygens (including phenoxy) is 1. The standard InChI is InChI=1S/C17H19BrFNO/c1-2-16(20)17(14-8-3-4-9-15(14)19)21-11-12-6-5-7-13(18)10-12/h3-10,16-17H,2,11,20H2,1H3. The molecular weight excluding hydrogens is 333 g/mol. The molecule has 2 aromatic carbocycles. The third kappa shape index (κ3) is 4.37. The molecule has 0 fully saturated rings. The molecule has 0 heterocycles. The minimum absolute atomic E-state index is 0.242. The summed E-state index contributed by atoms with van der Waals surface area (Å²) in [6, 6.07) is 14.3. The largest absolute Gasteiger partial charge is 0.367 e. The first-order chi connectivity index (χ1) is 10.1. The van der Waals surface area contributed by atoms with Crippen LogP contribution in [0, 0.1) is 5.82 Å². The van der Waals surface area contributed by atoms with Crippen molar-refractivity contribution < 1.29 is 9.13 Å². The topological polar surface area (TPSA) is 35.2 Å². The van der Waals surface area contributed by atoms with Crippen LogP contribution < -0.4 is 5.73 Å². The van der Waals surface area contributed by atoms with E-state index in [1.807, 2.05) is 31.2 Å². The minimum Gasteiger partial charge on any atom is -0.367 e. The van der Waals surface area contributed by atoms with Gasteiger partial charge in [0.1, 0.15) is 11.9 Å². The van der Waals surface area contributed by atoms with Gasteiger partial charge in [0.05, 0.1) is 6.61 Å². The Morgan fingerprint density at radius 2 is 1.95 bits per heavy atom. The summed E-state index contributed by atoms with van der Waals surface area (Å²) in [6.45, 7) is 2.37. The Kier molecular flexibility index (Phi) is 5.91. The number of nitrogens with two attached hydrogens (primary N) is 1. The first-order valence-corrected chi connectivity index (χ1v) is 7.77. The van der Waals surface area contributed by atoms with Gasteiger partial charge in [0, 0.05) is 16.1 Å². The highest BCUT2D eigenvalue weighted by Crippen LogP contribution is 2.26. The highest BCUT2D eigenvalue weighted by atomic mass is 79.9. The third-order valence-electron chi connectivity index (χ3n) is 3.39. The van der Waals surface area contributed by atoms with Crippen LogP contribution in [0.25, 0.3) is 0 Å². The van der Waals surface area contributed by atoms with Crippen LogP contribution in [-0.4, -0.2) is 6.04 Å². The van der Waals surface area contributed by atoms with Crippen molar-refractivity contribution >= 4 is 15.9 Å². The molecule has 0 aliphatic heterocycles. The predicted octanol–water partition coefficient (Wildman–Crippen LogP) is 4.58. The van der Waals surface area contributed by atoms with E-state index in [9.17, 15) is 4.39 Å². The molecule has 0 aliphatic rings. The lowest BCUT2D eigenvalue weighted by Gasteiger charge is -2.24. The number of rotatable bonds is 6. The summed E-state index contributed by atoms with van der Waals surface area (Å²) in [5.41, 5.74) is 7.65. The summed E-state index contributed by atoms with van der Waals surface area (Å²) >= 11 is 3.43. The van der Waals surface area contributed by atoms with E-state index in [2.05, 4.69) is 15.9 Å². The van der Waals surface area contributed by atoms with Gasteiger partial charge in [0.25, 0.3) is 0 Å². The van der Waals surface area contributed by atoms with Gasteiger partial charge in [-0.1, -0.05) is 53.2 Å². The molecule has 21 heavy (non-hydrogen) atoms. The van der Waals surface area contributed by atoms with Gasteiger partial charge in [-0.3, -0.25) is 0 Å². The van der Waals surface area contributed by atoms with Gasteiger partial charge in [0.2, 0.25) is 0 Å². The normalized spacial score (nSPS) is 13.9. The van der Waals surface area contributed by atoms with Crippen molar-refractivity contribution in [2.24, 2.45) is 5.73 Å². The van der Waals surface area contributed by atoms with E-state index in [1.165, 1.54) is 6.07 Å². The Hall–Kier alpha value is -1.23. The van der Waals surface area contributed by atoms with Gasteiger partial charge in [-0.2, -0.15) is 0 Å². The van der Waals surface area contributed by atoms with Crippen molar-refractivity contribution in [3.8, 4) is 0 Å². The van der Waals surface area contributed by atoms with Crippen LogP contribution in [0.2, 0.25) is 0 Å². The summed E-state index contributed by atoms with van der Waals surface area (Å²) in [5, 5.41) is 0. The number of hydrogen-bond acceptors (Lipinski definition) is 2. The zero-order valence-corrected chi connectivity index (χ0v) is 13.5. The maximum Gasteiger partial charge on any atom is 0.129 e. The summed E-state index contributed by atoms with van der Waals surface area (Å²) in [4.78, 5) is 0. The van der Waals surface area contributed by atoms with Crippen LogP contribution in [0.1, 0.15) is 30.6 Å². The fourth-order valence-electron chi connectivity index (χ4n) is 2.18. The molecule has 0 saturated heterocycles. The van der Waals surface area contributed by atoms with Gasteiger partial charge in [0.15, 0.2) is 0 Å². The van der Waals surface area contributed by atoms with E-state index >= 15 is 0 Å². The lowest BCUT2D eigenvalue weighted by molar-refractivity contribution is 0.0190. The Morgan fingerprint density at radius 3 is 2.62 bits per heavy atom. The molecule has 112 valence electrons. The SMILES string of the molecule is CCC(N)C(OCc1cccc(Br)c1)c1ccccc1F. The highest BCUT2D eigenvalue weighted by molar-refractivity contribution is 9.10. The second-order valence-electron chi connectivity index (χ2n) is 4.96. The number of benzene rings is 2. The minimum atomic E-state index is -0.449. The number of hydrogen-bond donors (Lipinski definition) is 1. The van der Waals surface area contributed by atoms with Gasteiger partial charge >= 0.3 is 0 Å². The Morgan fingerprint density at radius 1 is 1.19 bits per heavy atom. The Balaban J connectivity index is 2.16. The van der Waals surface area contributed by atoms with E-state index in [1.54, 1.807) is 18.2 Å². The number of halogens is 2. The van der Waals surface area contributed by atoms with E-state index in [-0.39, 0.29) is 11.9 Å².